The third-order valence-corrected chi connectivity index (χ3v) is 8.69. The van der Waals surface area contributed by atoms with Crippen molar-refractivity contribution in [2.45, 2.75) is 6.42 Å². The maximum absolute atomic E-state index is 13.0. The van der Waals surface area contributed by atoms with Crippen molar-refractivity contribution in [2.24, 2.45) is 35.5 Å². The van der Waals surface area contributed by atoms with E-state index in [0.717, 1.165) is 11.3 Å². The van der Waals surface area contributed by atoms with Gasteiger partial charge in [-0.15, -0.1) is 0 Å². The monoisotopic (exact) mass is 553 g/mol. The Morgan fingerprint density at radius 2 is 1.45 bits per heavy atom. The third-order valence-electron chi connectivity index (χ3n) is 7.95. The van der Waals surface area contributed by atoms with Crippen molar-refractivity contribution in [1.29, 1.82) is 0 Å². The standard InChI is InChI=1S/C28H21Cl2NO7/c29-20-8-3-14(9-21(20)30)28(36)38-15-4-1-13(2-5-15)22(32)12-37-23(33)11-31-26(34)24-16-6-7-17(19-10-18(16)19)25(24)27(31)35/h1-9,16-19,24-25H,10-12H2. The maximum Gasteiger partial charge on any atom is 0.343 e. The van der Waals surface area contributed by atoms with Gasteiger partial charge in [0.2, 0.25) is 11.8 Å². The number of esters is 2. The van der Waals surface area contributed by atoms with Gasteiger partial charge >= 0.3 is 11.9 Å². The Kier molecular flexibility index (Phi) is 6.12. The molecule has 1 saturated heterocycles. The average Bonchev–Trinajstić information content (AvgIpc) is 3.70. The van der Waals surface area contributed by atoms with Crippen LogP contribution in [-0.2, 0) is 19.1 Å². The van der Waals surface area contributed by atoms with Gasteiger partial charge in [-0.25, -0.2) is 4.79 Å². The lowest BCUT2D eigenvalue weighted by molar-refractivity contribution is -0.152. The zero-order valence-electron chi connectivity index (χ0n) is 19.8. The number of hydrogen-bond donors (Lipinski definition) is 0. The van der Waals surface area contributed by atoms with Gasteiger partial charge in [0.05, 0.1) is 27.4 Å². The lowest BCUT2D eigenvalue weighted by Gasteiger charge is -2.37. The summed E-state index contributed by atoms with van der Waals surface area (Å²) in [5.74, 6) is -2.10. The highest BCUT2D eigenvalue weighted by Crippen LogP contribution is 2.65. The third kappa shape index (κ3) is 4.22. The molecule has 5 aliphatic rings. The molecule has 1 heterocycles. The molecular weight excluding hydrogens is 533 g/mol. The van der Waals surface area contributed by atoms with Crippen LogP contribution in [0.15, 0.2) is 54.6 Å². The number of carbonyl (C=O) groups is 5. The number of allylic oxidation sites excluding steroid dienone is 2. The highest BCUT2D eigenvalue weighted by molar-refractivity contribution is 6.42. The Hall–Kier alpha value is -3.49. The van der Waals surface area contributed by atoms with Crippen LogP contribution in [0.3, 0.4) is 0 Å². The van der Waals surface area contributed by atoms with Crippen LogP contribution in [0, 0.1) is 35.5 Å². The van der Waals surface area contributed by atoms with Crippen molar-refractivity contribution < 1.29 is 33.4 Å². The number of ether oxygens (including phenoxy) is 2. The summed E-state index contributed by atoms with van der Waals surface area (Å²) in [4.78, 5) is 64.2. The molecule has 10 heteroatoms. The fourth-order valence-electron chi connectivity index (χ4n) is 6.08. The Morgan fingerprint density at radius 3 is 2.05 bits per heavy atom. The van der Waals surface area contributed by atoms with E-state index in [4.69, 9.17) is 32.7 Å². The van der Waals surface area contributed by atoms with Crippen LogP contribution in [0.2, 0.25) is 10.0 Å². The molecule has 38 heavy (non-hydrogen) atoms. The zero-order valence-corrected chi connectivity index (χ0v) is 21.4. The van der Waals surface area contributed by atoms with E-state index in [9.17, 15) is 24.0 Å². The molecular formula is C28H21Cl2NO7. The van der Waals surface area contributed by atoms with E-state index in [1.54, 1.807) is 0 Å². The molecule has 2 amide bonds. The first-order valence-electron chi connectivity index (χ1n) is 12.2. The van der Waals surface area contributed by atoms with Gasteiger partial charge in [0, 0.05) is 5.56 Å². The molecule has 8 nitrogen and oxygen atoms in total. The number of carbonyl (C=O) groups excluding carboxylic acids is 5. The highest BCUT2D eigenvalue weighted by Gasteiger charge is 2.67. The number of amides is 2. The predicted molar refractivity (Wildman–Crippen MR) is 135 cm³/mol. The minimum atomic E-state index is -0.823. The first kappa shape index (κ1) is 24.8. The van der Waals surface area contributed by atoms with Crippen LogP contribution < -0.4 is 4.74 Å². The maximum atomic E-state index is 13.0. The van der Waals surface area contributed by atoms with E-state index in [-0.39, 0.29) is 57.4 Å². The summed E-state index contributed by atoms with van der Waals surface area (Å²) in [5, 5.41) is 0.526. The Balaban J connectivity index is 1.01. The minimum absolute atomic E-state index is 0.0697. The SMILES string of the molecule is O=C(CN1C(=O)C2C3C=CC(C4CC34)C2C1=O)OCC(=O)c1ccc(OC(=O)c2ccc(Cl)c(Cl)c2)cc1. The van der Waals surface area contributed by atoms with E-state index in [1.807, 2.05) is 0 Å². The van der Waals surface area contributed by atoms with E-state index in [0.29, 0.717) is 16.9 Å². The Bertz CT molecular complexity index is 1380. The van der Waals surface area contributed by atoms with E-state index in [2.05, 4.69) is 12.2 Å². The first-order chi connectivity index (χ1) is 18.2. The summed E-state index contributed by atoms with van der Waals surface area (Å²) in [6.07, 6.45) is 5.18. The summed E-state index contributed by atoms with van der Waals surface area (Å²) in [5.41, 5.74) is 0.440. The molecule has 194 valence electrons. The number of halogens is 2. The van der Waals surface area contributed by atoms with Crippen molar-refractivity contribution in [3.63, 3.8) is 0 Å². The molecule has 2 saturated carbocycles. The van der Waals surface area contributed by atoms with Crippen LogP contribution in [0.25, 0.3) is 0 Å². The summed E-state index contributed by atoms with van der Waals surface area (Å²) >= 11 is 11.8. The quantitative estimate of drug-likeness (QED) is 0.168. The fourth-order valence-corrected chi connectivity index (χ4v) is 6.37. The average molecular weight is 554 g/mol. The lowest BCUT2D eigenvalue weighted by Crippen LogP contribution is -2.40. The molecule has 3 fully saturated rings. The summed E-state index contributed by atoms with van der Waals surface area (Å²) < 4.78 is 10.4. The molecule has 0 aromatic heterocycles. The Labute approximate surface area is 227 Å². The van der Waals surface area contributed by atoms with Crippen LogP contribution in [-0.4, -0.2) is 47.6 Å². The first-order valence-corrected chi connectivity index (χ1v) is 13.0. The molecule has 2 bridgehead atoms. The summed E-state index contributed by atoms with van der Waals surface area (Å²) in [6, 6.07) is 10.1. The summed E-state index contributed by atoms with van der Waals surface area (Å²) in [6.45, 7) is -1.06. The normalized spacial score (nSPS) is 28.1. The molecule has 0 N–H and O–H groups in total. The number of Topliss-reactive ketones (excluding diaryl/α,β-unsaturated/α-hetero) is 1. The van der Waals surface area contributed by atoms with Gasteiger partial charge in [-0.05, 0) is 72.6 Å². The van der Waals surface area contributed by atoms with Gasteiger partial charge in [-0.3, -0.25) is 24.1 Å². The smallest absolute Gasteiger partial charge is 0.343 e. The lowest BCUT2D eigenvalue weighted by atomic mass is 9.63. The molecule has 4 aliphatic carbocycles. The van der Waals surface area contributed by atoms with Crippen molar-refractivity contribution >= 4 is 52.7 Å². The molecule has 7 rings (SSSR count). The van der Waals surface area contributed by atoms with Gasteiger partial charge in [0.1, 0.15) is 12.3 Å². The highest BCUT2D eigenvalue weighted by atomic mass is 35.5. The van der Waals surface area contributed by atoms with Gasteiger partial charge < -0.3 is 9.47 Å². The molecule has 2 aromatic rings. The second-order valence-electron chi connectivity index (χ2n) is 10.0. The van der Waals surface area contributed by atoms with Gasteiger partial charge in [-0.1, -0.05) is 35.4 Å². The van der Waals surface area contributed by atoms with Crippen molar-refractivity contribution in [2.75, 3.05) is 13.2 Å². The molecule has 1 aliphatic heterocycles. The number of hydrogen-bond acceptors (Lipinski definition) is 7. The zero-order chi connectivity index (χ0) is 26.7. The molecule has 0 spiro atoms. The predicted octanol–water partition coefficient (Wildman–Crippen LogP) is 3.99. The molecule has 0 radical (unpaired) electrons. The fraction of sp³-hybridized carbons (Fsp3) is 0.321. The van der Waals surface area contributed by atoms with Crippen molar-refractivity contribution in [3.8, 4) is 5.75 Å². The largest absolute Gasteiger partial charge is 0.456 e. The molecule has 2 aromatic carbocycles. The van der Waals surface area contributed by atoms with Gasteiger partial charge in [0.25, 0.3) is 0 Å². The van der Waals surface area contributed by atoms with E-state index >= 15 is 0 Å². The van der Waals surface area contributed by atoms with Crippen LogP contribution in [0.5, 0.6) is 5.75 Å². The van der Waals surface area contributed by atoms with E-state index in [1.165, 1.54) is 42.5 Å². The molecule has 6 atom stereocenters. The number of imide groups is 1. The minimum Gasteiger partial charge on any atom is -0.456 e. The van der Waals surface area contributed by atoms with Crippen LogP contribution in [0.1, 0.15) is 27.1 Å². The van der Waals surface area contributed by atoms with Crippen molar-refractivity contribution in [3.05, 3.63) is 75.8 Å². The topological polar surface area (TPSA) is 107 Å². The van der Waals surface area contributed by atoms with Gasteiger partial charge in [-0.2, -0.15) is 0 Å². The van der Waals surface area contributed by atoms with Crippen molar-refractivity contribution in [1.82, 2.24) is 4.90 Å². The second-order valence-corrected chi connectivity index (χ2v) is 10.9. The number of rotatable bonds is 7. The van der Waals surface area contributed by atoms with Gasteiger partial charge in [0.15, 0.2) is 12.4 Å². The van der Waals surface area contributed by atoms with Crippen LogP contribution >= 0.6 is 23.2 Å². The van der Waals surface area contributed by atoms with Crippen LogP contribution in [0.4, 0.5) is 0 Å². The number of benzene rings is 2. The summed E-state index contributed by atoms with van der Waals surface area (Å²) in [7, 11) is 0. The second kappa shape index (κ2) is 9.36. The number of ketones is 1. The Morgan fingerprint density at radius 1 is 0.842 bits per heavy atom. The van der Waals surface area contributed by atoms with E-state index < -0.39 is 30.9 Å². The number of nitrogens with zero attached hydrogens (tertiary/aromatic N) is 1. The number of likely N-dealkylation sites (tertiary alicyclic amines) is 1. The molecule has 6 unspecified atom stereocenters.